The summed E-state index contributed by atoms with van der Waals surface area (Å²) in [5, 5.41) is 15.6. The Balaban J connectivity index is 1.21. The molecule has 1 unspecified atom stereocenters. The lowest BCUT2D eigenvalue weighted by molar-refractivity contribution is -0.147. The Labute approximate surface area is 157 Å². The van der Waals surface area contributed by atoms with Gasteiger partial charge in [-0.25, -0.2) is 0 Å². The molecule has 4 bridgehead atoms. The number of amides is 2. The number of carbonyl (C=O) groups is 2. The Bertz CT molecular complexity index is 706. The van der Waals surface area contributed by atoms with E-state index in [0.717, 1.165) is 42.0 Å². The lowest BCUT2D eigenvalue weighted by Gasteiger charge is -2.55. The molecule has 1 aromatic rings. The average molecular weight is 375 g/mol. The van der Waals surface area contributed by atoms with Crippen molar-refractivity contribution in [2.24, 2.45) is 23.2 Å². The number of nitrogens with one attached hydrogen (secondary N) is 2. The van der Waals surface area contributed by atoms with Crippen molar-refractivity contribution in [1.82, 2.24) is 15.5 Å². The van der Waals surface area contributed by atoms with Gasteiger partial charge in [0.2, 0.25) is 16.9 Å². The van der Waals surface area contributed by atoms with Crippen LogP contribution in [-0.2, 0) is 9.59 Å². The highest BCUT2D eigenvalue weighted by molar-refractivity contribution is 7.15. The number of hydrogen-bond acceptors (Lipinski definition) is 5. The van der Waals surface area contributed by atoms with Gasteiger partial charge in [-0.15, -0.1) is 10.2 Å². The summed E-state index contributed by atoms with van der Waals surface area (Å²) in [4.78, 5) is 25.5. The Morgan fingerprint density at radius 3 is 2.27 bits per heavy atom. The summed E-state index contributed by atoms with van der Waals surface area (Å²) in [5.41, 5.74) is -0.217. The molecule has 5 aliphatic carbocycles. The number of nitrogens with zero attached hydrogens (tertiary/aromatic N) is 2. The molecule has 2 N–H and O–H groups in total. The summed E-state index contributed by atoms with van der Waals surface area (Å²) in [7, 11) is 0. The maximum atomic E-state index is 13.0. The van der Waals surface area contributed by atoms with E-state index >= 15 is 0 Å². The molecule has 2 amide bonds. The van der Waals surface area contributed by atoms with Gasteiger partial charge in [0, 0.05) is 11.3 Å². The molecule has 1 aromatic heterocycles. The Morgan fingerprint density at radius 2 is 1.69 bits per heavy atom. The van der Waals surface area contributed by atoms with Crippen molar-refractivity contribution in [3.8, 4) is 0 Å². The van der Waals surface area contributed by atoms with Crippen LogP contribution in [0.2, 0.25) is 0 Å². The quantitative estimate of drug-likeness (QED) is 0.829. The van der Waals surface area contributed by atoms with Crippen LogP contribution in [0, 0.1) is 23.2 Å². The van der Waals surface area contributed by atoms with Gasteiger partial charge in [0.25, 0.3) is 0 Å². The van der Waals surface area contributed by atoms with E-state index in [2.05, 4.69) is 20.8 Å². The number of carbonyl (C=O) groups excluding carboxylic acids is 2. The minimum absolute atomic E-state index is 0.0928. The second-order valence-corrected chi connectivity index (χ2v) is 10.1. The SMILES string of the molecule is CC(NC(=O)C12CC3CC(CC(C3)C1)C2)C(=O)Nc1nnc(C2CC2)s1. The van der Waals surface area contributed by atoms with Crippen molar-refractivity contribution in [2.45, 2.75) is 70.3 Å². The molecule has 7 heteroatoms. The molecular formula is C19H26N4O2S. The molecule has 6 nitrogen and oxygen atoms in total. The minimum atomic E-state index is -0.552. The van der Waals surface area contributed by atoms with Crippen LogP contribution < -0.4 is 10.6 Å². The third-order valence-corrected chi connectivity index (χ3v) is 7.86. The highest BCUT2D eigenvalue weighted by Crippen LogP contribution is 2.60. The fourth-order valence-electron chi connectivity index (χ4n) is 5.80. The summed E-state index contributed by atoms with van der Waals surface area (Å²) < 4.78 is 0. The molecular weight excluding hydrogens is 348 g/mol. The van der Waals surface area contributed by atoms with E-state index in [1.54, 1.807) is 6.92 Å². The molecule has 5 fully saturated rings. The second-order valence-electron chi connectivity index (χ2n) is 9.10. The molecule has 0 spiro atoms. The maximum Gasteiger partial charge on any atom is 0.248 e. The van der Waals surface area contributed by atoms with E-state index < -0.39 is 6.04 Å². The zero-order chi connectivity index (χ0) is 17.9. The van der Waals surface area contributed by atoms with Gasteiger partial charge in [-0.1, -0.05) is 11.3 Å². The first-order chi connectivity index (χ1) is 12.5. The molecule has 6 rings (SSSR count). The molecule has 140 valence electrons. The zero-order valence-electron chi connectivity index (χ0n) is 15.2. The highest BCUT2D eigenvalue weighted by Gasteiger charge is 2.54. The number of anilines is 1. The minimum Gasteiger partial charge on any atom is -0.344 e. The van der Waals surface area contributed by atoms with Crippen molar-refractivity contribution >= 4 is 28.3 Å². The van der Waals surface area contributed by atoms with Crippen molar-refractivity contribution in [2.75, 3.05) is 5.32 Å². The third kappa shape index (κ3) is 2.94. The maximum absolute atomic E-state index is 13.0. The average Bonchev–Trinajstić information content (AvgIpc) is 3.33. The fourth-order valence-corrected chi connectivity index (χ4v) is 6.71. The molecule has 1 heterocycles. The molecule has 1 atom stereocenters. The van der Waals surface area contributed by atoms with Gasteiger partial charge in [0.15, 0.2) is 0 Å². The van der Waals surface area contributed by atoms with Gasteiger partial charge in [0.05, 0.1) is 0 Å². The van der Waals surface area contributed by atoms with Crippen molar-refractivity contribution in [3.05, 3.63) is 5.01 Å². The summed E-state index contributed by atoms with van der Waals surface area (Å²) in [6.45, 7) is 1.76. The normalized spacial score (nSPS) is 36.0. The molecule has 5 saturated carbocycles. The standard InChI is InChI=1S/C19H26N4O2S/c1-10(15(24)21-18-23-22-16(26-18)14-2-3-14)20-17(25)19-7-11-4-12(8-19)6-13(5-11)9-19/h10-14H,2-9H2,1H3,(H,20,25)(H,21,23,24). The van der Waals surface area contributed by atoms with Crippen LogP contribution in [0.1, 0.15) is 69.2 Å². The van der Waals surface area contributed by atoms with E-state index in [9.17, 15) is 9.59 Å². The largest absolute Gasteiger partial charge is 0.344 e. The molecule has 0 saturated heterocycles. The highest BCUT2D eigenvalue weighted by atomic mass is 32.1. The van der Waals surface area contributed by atoms with Crippen molar-refractivity contribution < 1.29 is 9.59 Å². The lowest BCUT2D eigenvalue weighted by Crippen LogP contribution is -2.56. The summed E-state index contributed by atoms with van der Waals surface area (Å²) >= 11 is 1.45. The summed E-state index contributed by atoms with van der Waals surface area (Å²) in [6.07, 6.45) is 9.30. The van der Waals surface area contributed by atoms with Crippen molar-refractivity contribution in [1.29, 1.82) is 0 Å². The first-order valence-corrected chi connectivity index (χ1v) is 10.8. The van der Waals surface area contributed by atoms with E-state index in [1.807, 2.05) is 0 Å². The molecule has 0 aromatic carbocycles. The third-order valence-electron chi connectivity index (χ3n) is 6.86. The number of rotatable bonds is 5. The fraction of sp³-hybridized carbons (Fsp3) is 0.789. The predicted molar refractivity (Wildman–Crippen MR) is 98.7 cm³/mol. The smallest absolute Gasteiger partial charge is 0.248 e. The number of hydrogen-bond donors (Lipinski definition) is 2. The molecule has 26 heavy (non-hydrogen) atoms. The van der Waals surface area contributed by atoms with E-state index in [4.69, 9.17) is 0 Å². The van der Waals surface area contributed by atoms with Crippen LogP contribution in [0.25, 0.3) is 0 Å². The molecule has 0 aliphatic heterocycles. The summed E-state index contributed by atoms with van der Waals surface area (Å²) in [5.74, 6) is 2.58. The predicted octanol–water partition coefficient (Wildman–Crippen LogP) is 3.08. The van der Waals surface area contributed by atoms with Crippen LogP contribution in [0.3, 0.4) is 0 Å². The van der Waals surface area contributed by atoms with Gasteiger partial charge < -0.3 is 5.32 Å². The van der Waals surface area contributed by atoms with Gasteiger partial charge in [-0.2, -0.15) is 0 Å². The van der Waals surface area contributed by atoms with Gasteiger partial charge >= 0.3 is 0 Å². The van der Waals surface area contributed by atoms with Crippen molar-refractivity contribution in [3.63, 3.8) is 0 Å². The Hall–Kier alpha value is -1.50. The Kier molecular flexibility index (Phi) is 3.85. The topological polar surface area (TPSA) is 84.0 Å². The van der Waals surface area contributed by atoms with Crippen LogP contribution in [0.4, 0.5) is 5.13 Å². The van der Waals surface area contributed by atoms with Gasteiger partial charge in [0.1, 0.15) is 11.0 Å². The van der Waals surface area contributed by atoms with Gasteiger partial charge in [-0.05, 0) is 76.0 Å². The Morgan fingerprint density at radius 1 is 1.08 bits per heavy atom. The molecule has 5 aliphatic rings. The van der Waals surface area contributed by atoms with E-state index in [-0.39, 0.29) is 17.2 Å². The first kappa shape index (κ1) is 16.7. The lowest BCUT2D eigenvalue weighted by atomic mass is 9.49. The summed E-state index contributed by atoms with van der Waals surface area (Å²) in [6, 6.07) is -0.552. The second kappa shape index (κ2) is 6.01. The van der Waals surface area contributed by atoms with Crippen LogP contribution in [0.5, 0.6) is 0 Å². The molecule has 0 radical (unpaired) electrons. The van der Waals surface area contributed by atoms with Crippen LogP contribution in [-0.4, -0.2) is 28.1 Å². The van der Waals surface area contributed by atoms with Gasteiger partial charge in [-0.3, -0.25) is 14.9 Å². The monoisotopic (exact) mass is 374 g/mol. The van der Waals surface area contributed by atoms with E-state index in [0.29, 0.717) is 11.0 Å². The number of aromatic nitrogens is 2. The van der Waals surface area contributed by atoms with E-state index in [1.165, 1.54) is 43.4 Å². The first-order valence-electron chi connectivity index (χ1n) is 9.96. The van der Waals surface area contributed by atoms with Crippen LogP contribution >= 0.6 is 11.3 Å². The van der Waals surface area contributed by atoms with Crippen LogP contribution in [0.15, 0.2) is 0 Å². The zero-order valence-corrected chi connectivity index (χ0v) is 16.0.